The van der Waals surface area contributed by atoms with Crippen molar-refractivity contribution in [1.29, 1.82) is 0 Å². The molecule has 1 aromatic carbocycles. The highest BCUT2D eigenvalue weighted by molar-refractivity contribution is 5.92. The van der Waals surface area contributed by atoms with Crippen LogP contribution in [0.4, 0.5) is 0 Å². The average molecular weight is 392 g/mol. The molecule has 3 atom stereocenters. The molecule has 0 bridgehead atoms. The zero-order chi connectivity index (χ0) is 21.3. The highest BCUT2D eigenvalue weighted by atomic mass is 16.4. The number of nitrogens with one attached hydrogen (secondary N) is 3. The second kappa shape index (κ2) is 11.0. The predicted octanol–water partition coefficient (Wildman–Crippen LogP) is -0.597. The second-order valence-corrected chi connectivity index (χ2v) is 6.87. The zero-order valence-corrected chi connectivity index (χ0v) is 16.3. The number of hydrogen-bond acceptors (Lipinski definition) is 5. The summed E-state index contributed by atoms with van der Waals surface area (Å²) in [7, 11) is 0. The number of carboxylic acids is 1. The van der Waals surface area contributed by atoms with Crippen LogP contribution in [0.2, 0.25) is 0 Å². The molecule has 28 heavy (non-hydrogen) atoms. The van der Waals surface area contributed by atoms with E-state index in [0.29, 0.717) is 0 Å². The predicted molar refractivity (Wildman–Crippen MR) is 103 cm³/mol. The smallest absolute Gasteiger partial charge is 0.326 e. The first-order valence-corrected chi connectivity index (χ1v) is 9.01. The fourth-order valence-corrected chi connectivity index (χ4v) is 2.29. The standard InChI is InChI=1S/C19H28N4O5/c1-11(2)16(20)18(26)22-12(3)17(25)21-10-15(24)23-14(19(27)28)9-13-7-5-4-6-8-13/h4-8,11-12,14,16H,9-10,20H2,1-3H3,(H,21,25)(H,22,26)(H,23,24)(H,27,28)/t12-,14-,16-/m0/s1. The molecular formula is C19H28N4O5. The lowest BCUT2D eigenvalue weighted by Crippen LogP contribution is -2.53. The minimum Gasteiger partial charge on any atom is -0.480 e. The van der Waals surface area contributed by atoms with Crippen LogP contribution in [0, 0.1) is 5.92 Å². The van der Waals surface area contributed by atoms with Gasteiger partial charge in [-0.2, -0.15) is 0 Å². The van der Waals surface area contributed by atoms with Crippen molar-refractivity contribution in [2.75, 3.05) is 6.54 Å². The van der Waals surface area contributed by atoms with E-state index >= 15 is 0 Å². The van der Waals surface area contributed by atoms with Gasteiger partial charge in [0.2, 0.25) is 17.7 Å². The molecule has 0 unspecified atom stereocenters. The largest absolute Gasteiger partial charge is 0.480 e. The number of carbonyl (C=O) groups is 4. The molecule has 0 aliphatic heterocycles. The molecule has 0 spiro atoms. The lowest BCUT2D eigenvalue weighted by molar-refractivity contribution is -0.141. The normalized spacial score (nSPS) is 13.9. The summed E-state index contributed by atoms with van der Waals surface area (Å²) in [6.07, 6.45) is 0.120. The molecule has 1 rings (SSSR count). The van der Waals surface area contributed by atoms with E-state index in [1.54, 1.807) is 44.2 Å². The SMILES string of the molecule is CC(C)[C@H](N)C(=O)N[C@@H](C)C(=O)NCC(=O)N[C@@H](Cc1ccccc1)C(=O)O. The third kappa shape index (κ3) is 7.75. The van der Waals surface area contributed by atoms with Crippen molar-refractivity contribution < 1.29 is 24.3 Å². The van der Waals surface area contributed by atoms with Gasteiger partial charge in [-0.1, -0.05) is 44.2 Å². The molecule has 3 amide bonds. The van der Waals surface area contributed by atoms with E-state index in [1.165, 1.54) is 6.92 Å². The number of benzene rings is 1. The minimum absolute atomic E-state index is 0.0846. The zero-order valence-electron chi connectivity index (χ0n) is 16.3. The Morgan fingerprint density at radius 3 is 2.14 bits per heavy atom. The summed E-state index contributed by atoms with van der Waals surface area (Å²) in [5, 5.41) is 16.5. The van der Waals surface area contributed by atoms with Crippen molar-refractivity contribution in [1.82, 2.24) is 16.0 Å². The summed E-state index contributed by atoms with van der Waals surface area (Å²) in [4.78, 5) is 47.3. The Bertz CT molecular complexity index is 693. The van der Waals surface area contributed by atoms with E-state index in [2.05, 4.69) is 16.0 Å². The quantitative estimate of drug-likeness (QED) is 0.359. The molecule has 0 radical (unpaired) electrons. The van der Waals surface area contributed by atoms with Crippen LogP contribution in [0.5, 0.6) is 0 Å². The maximum Gasteiger partial charge on any atom is 0.326 e. The van der Waals surface area contributed by atoms with Crippen molar-refractivity contribution >= 4 is 23.7 Å². The third-order valence-electron chi connectivity index (χ3n) is 4.11. The van der Waals surface area contributed by atoms with E-state index < -0.39 is 48.4 Å². The summed E-state index contributed by atoms with van der Waals surface area (Å²) in [6, 6.07) is 6.13. The lowest BCUT2D eigenvalue weighted by atomic mass is 10.0. The van der Waals surface area contributed by atoms with Crippen LogP contribution in [-0.2, 0) is 25.6 Å². The first kappa shape index (κ1) is 23.1. The van der Waals surface area contributed by atoms with Gasteiger partial charge in [-0.3, -0.25) is 14.4 Å². The Morgan fingerprint density at radius 2 is 1.61 bits per heavy atom. The number of amides is 3. The summed E-state index contributed by atoms with van der Waals surface area (Å²) in [5.74, 6) is -2.94. The van der Waals surface area contributed by atoms with Crippen LogP contribution in [0.3, 0.4) is 0 Å². The number of carbonyl (C=O) groups excluding carboxylic acids is 3. The number of rotatable bonds is 10. The number of hydrogen-bond donors (Lipinski definition) is 5. The molecule has 9 heteroatoms. The molecular weight excluding hydrogens is 364 g/mol. The van der Waals surface area contributed by atoms with Crippen LogP contribution >= 0.6 is 0 Å². The van der Waals surface area contributed by atoms with Gasteiger partial charge in [0.25, 0.3) is 0 Å². The van der Waals surface area contributed by atoms with Gasteiger partial charge in [-0.15, -0.1) is 0 Å². The average Bonchev–Trinajstić information content (AvgIpc) is 2.65. The molecule has 0 aliphatic rings. The molecule has 154 valence electrons. The molecule has 0 aliphatic carbocycles. The summed E-state index contributed by atoms with van der Waals surface area (Å²) >= 11 is 0. The Kier molecular flexibility index (Phi) is 9.10. The second-order valence-electron chi connectivity index (χ2n) is 6.87. The van der Waals surface area contributed by atoms with Crippen molar-refractivity contribution in [2.45, 2.75) is 45.3 Å². The maximum atomic E-state index is 12.0. The molecule has 6 N–H and O–H groups in total. The van der Waals surface area contributed by atoms with E-state index in [-0.39, 0.29) is 12.3 Å². The topological polar surface area (TPSA) is 151 Å². The summed E-state index contributed by atoms with van der Waals surface area (Å²) in [5.41, 5.74) is 6.47. The first-order valence-electron chi connectivity index (χ1n) is 9.01. The van der Waals surface area contributed by atoms with Crippen molar-refractivity contribution in [2.24, 2.45) is 11.7 Å². The highest BCUT2D eigenvalue weighted by Gasteiger charge is 2.23. The van der Waals surface area contributed by atoms with E-state index in [4.69, 9.17) is 5.73 Å². The van der Waals surface area contributed by atoms with Gasteiger partial charge in [-0.25, -0.2) is 4.79 Å². The number of nitrogens with two attached hydrogens (primary N) is 1. The van der Waals surface area contributed by atoms with Gasteiger partial charge >= 0.3 is 5.97 Å². The third-order valence-corrected chi connectivity index (χ3v) is 4.11. The molecule has 0 saturated carbocycles. The van der Waals surface area contributed by atoms with Crippen LogP contribution in [0.25, 0.3) is 0 Å². The van der Waals surface area contributed by atoms with Gasteiger partial charge in [0.05, 0.1) is 12.6 Å². The van der Waals surface area contributed by atoms with Gasteiger partial charge in [0, 0.05) is 6.42 Å². The van der Waals surface area contributed by atoms with Crippen LogP contribution < -0.4 is 21.7 Å². The fourth-order valence-electron chi connectivity index (χ4n) is 2.29. The number of carboxylic acid groups (broad SMARTS) is 1. The lowest BCUT2D eigenvalue weighted by Gasteiger charge is -2.19. The van der Waals surface area contributed by atoms with E-state index in [1.807, 2.05) is 0 Å². The van der Waals surface area contributed by atoms with Crippen molar-refractivity contribution in [3.8, 4) is 0 Å². The van der Waals surface area contributed by atoms with E-state index in [0.717, 1.165) is 5.56 Å². The minimum atomic E-state index is -1.17. The monoisotopic (exact) mass is 392 g/mol. The summed E-state index contributed by atoms with van der Waals surface area (Å²) in [6.45, 7) is 4.63. The molecule has 0 saturated heterocycles. The first-order chi connectivity index (χ1) is 13.1. The summed E-state index contributed by atoms with van der Waals surface area (Å²) < 4.78 is 0. The molecule has 0 aromatic heterocycles. The van der Waals surface area contributed by atoms with E-state index in [9.17, 15) is 24.3 Å². The van der Waals surface area contributed by atoms with Crippen LogP contribution in [-0.4, -0.2) is 53.5 Å². The Labute approximate surface area is 164 Å². The molecule has 0 heterocycles. The fraction of sp³-hybridized carbons (Fsp3) is 0.474. The Morgan fingerprint density at radius 1 is 1.00 bits per heavy atom. The van der Waals surface area contributed by atoms with Gasteiger partial charge in [0.15, 0.2) is 0 Å². The molecule has 9 nitrogen and oxygen atoms in total. The van der Waals surface area contributed by atoms with Crippen LogP contribution in [0.15, 0.2) is 30.3 Å². The van der Waals surface area contributed by atoms with Crippen molar-refractivity contribution in [3.63, 3.8) is 0 Å². The Hall–Kier alpha value is -2.94. The van der Waals surface area contributed by atoms with Gasteiger partial charge in [0.1, 0.15) is 12.1 Å². The number of aliphatic carboxylic acids is 1. The molecule has 1 aromatic rings. The van der Waals surface area contributed by atoms with Crippen molar-refractivity contribution in [3.05, 3.63) is 35.9 Å². The highest BCUT2D eigenvalue weighted by Crippen LogP contribution is 2.03. The van der Waals surface area contributed by atoms with Gasteiger partial charge < -0.3 is 26.8 Å². The van der Waals surface area contributed by atoms with Gasteiger partial charge in [-0.05, 0) is 18.4 Å². The maximum absolute atomic E-state index is 12.0. The Balaban J connectivity index is 2.49. The van der Waals surface area contributed by atoms with Crippen LogP contribution in [0.1, 0.15) is 26.3 Å². The molecule has 0 fully saturated rings.